The first-order chi connectivity index (χ1) is 9.71. The van der Waals surface area contributed by atoms with E-state index in [1.54, 1.807) is 39.0 Å². The second kappa shape index (κ2) is 6.97. The van der Waals surface area contributed by atoms with Gasteiger partial charge in [0, 0.05) is 12.1 Å². The van der Waals surface area contributed by atoms with Gasteiger partial charge < -0.3 is 14.6 Å². The Morgan fingerprint density at radius 3 is 2.48 bits per heavy atom. The highest BCUT2D eigenvalue weighted by Gasteiger charge is 2.17. The van der Waals surface area contributed by atoms with Crippen LogP contribution in [-0.2, 0) is 16.0 Å². The molecule has 0 saturated carbocycles. The number of amides is 1. The van der Waals surface area contributed by atoms with Crippen LogP contribution in [0.2, 0.25) is 0 Å². The summed E-state index contributed by atoms with van der Waals surface area (Å²) in [4.78, 5) is 22.5. The average molecular weight is 295 g/mol. The maximum absolute atomic E-state index is 11.8. The minimum Gasteiger partial charge on any atom is -0.497 e. The third kappa shape index (κ3) is 6.16. The Kier molecular flexibility index (Phi) is 5.58. The monoisotopic (exact) mass is 295 g/mol. The maximum Gasteiger partial charge on any atom is 0.412 e. The second-order valence-electron chi connectivity index (χ2n) is 5.54. The Balaban J connectivity index is 2.89. The van der Waals surface area contributed by atoms with Crippen LogP contribution in [0.15, 0.2) is 18.2 Å². The minimum atomic E-state index is -0.902. The lowest BCUT2D eigenvalue weighted by Crippen LogP contribution is -2.27. The van der Waals surface area contributed by atoms with Gasteiger partial charge in [-0.15, -0.1) is 0 Å². The number of methoxy groups -OCH3 is 1. The van der Waals surface area contributed by atoms with Gasteiger partial charge in [-0.1, -0.05) is 0 Å². The van der Waals surface area contributed by atoms with Gasteiger partial charge in [-0.05, 0) is 51.0 Å². The maximum atomic E-state index is 11.8. The largest absolute Gasteiger partial charge is 0.497 e. The van der Waals surface area contributed by atoms with Gasteiger partial charge in [0.2, 0.25) is 0 Å². The van der Waals surface area contributed by atoms with Crippen LogP contribution in [0.5, 0.6) is 5.75 Å². The highest BCUT2D eigenvalue weighted by atomic mass is 16.6. The molecule has 0 aliphatic rings. The highest BCUT2D eigenvalue weighted by Crippen LogP contribution is 2.24. The van der Waals surface area contributed by atoms with Crippen molar-refractivity contribution in [2.45, 2.75) is 39.2 Å². The molecule has 0 fully saturated rings. The number of hydrogen-bond acceptors (Lipinski definition) is 4. The Bertz CT molecular complexity index is 519. The van der Waals surface area contributed by atoms with Gasteiger partial charge in [0.25, 0.3) is 0 Å². The Labute approximate surface area is 124 Å². The van der Waals surface area contributed by atoms with E-state index in [-0.39, 0.29) is 12.8 Å². The third-order valence-corrected chi connectivity index (χ3v) is 2.56. The number of carbonyl (C=O) groups is 2. The molecule has 1 aromatic rings. The van der Waals surface area contributed by atoms with E-state index >= 15 is 0 Å². The van der Waals surface area contributed by atoms with Gasteiger partial charge >= 0.3 is 12.1 Å². The lowest BCUT2D eigenvalue weighted by molar-refractivity contribution is -0.136. The van der Waals surface area contributed by atoms with Crippen LogP contribution in [0.4, 0.5) is 10.5 Å². The van der Waals surface area contributed by atoms with Crippen LogP contribution in [0.25, 0.3) is 0 Å². The van der Waals surface area contributed by atoms with E-state index in [9.17, 15) is 9.59 Å². The average Bonchev–Trinajstić information content (AvgIpc) is 2.35. The van der Waals surface area contributed by atoms with Crippen LogP contribution < -0.4 is 10.1 Å². The first kappa shape index (κ1) is 16.8. The van der Waals surface area contributed by atoms with Gasteiger partial charge in [-0.3, -0.25) is 10.1 Å². The first-order valence-corrected chi connectivity index (χ1v) is 6.60. The van der Waals surface area contributed by atoms with E-state index in [0.29, 0.717) is 17.0 Å². The van der Waals surface area contributed by atoms with Crippen molar-refractivity contribution in [3.8, 4) is 5.75 Å². The number of hydrogen-bond donors (Lipinski definition) is 2. The van der Waals surface area contributed by atoms with Crippen molar-refractivity contribution in [2.24, 2.45) is 0 Å². The molecule has 0 heterocycles. The molecule has 0 aliphatic carbocycles. The van der Waals surface area contributed by atoms with E-state index in [1.807, 2.05) is 0 Å². The van der Waals surface area contributed by atoms with Gasteiger partial charge in [0.05, 0.1) is 7.11 Å². The predicted octanol–water partition coefficient (Wildman–Crippen LogP) is 3.06. The highest BCUT2D eigenvalue weighted by molar-refractivity contribution is 5.86. The van der Waals surface area contributed by atoms with Crippen molar-refractivity contribution in [1.29, 1.82) is 0 Å². The Hall–Kier alpha value is -2.24. The normalized spacial score (nSPS) is 10.9. The van der Waals surface area contributed by atoms with Crippen LogP contribution in [0.3, 0.4) is 0 Å². The molecule has 0 radical (unpaired) electrons. The van der Waals surface area contributed by atoms with Crippen LogP contribution >= 0.6 is 0 Å². The zero-order valence-corrected chi connectivity index (χ0v) is 12.7. The Morgan fingerprint density at radius 1 is 1.29 bits per heavy atom. The molecule has 0 aromatic heterocycles. The zero-order chi connectivity index (χ0) is 16.0. The molecule has 0 atom stereocenters. The summed E-state index contributed by atoms with van der Waals surface area (Å²) in [5, 5.41) is 11.4. The summed E-state index contributed by atoms with van der Waals surface area (Å²) in [6.45, 7) is 5.31. The van der Waals surface area contributed by atoms with Gasteiger partial charge in [0.15, 0.2) is 0 Å². The van der Waals surface area contributed by atoms with Crippen molar-refractivity contribution in [3.63, 3.8) is 0 Å². The number of carboxylic acids is 1. The smallest absolute Gasteiger partial charge is 0.412 e. The lowest BCUT2D eigenvalue weighted by atomic mass is 10.1. The molecule has 0 bridgehead atoms. The van der Waals surface area contributed by atoms with Crippen molar-refractivity contribution in [2.75, 3.05) is 12.4 Å². The van der Waals surface area contributed by atoms with Crippen LogP contribution in [-0.4, -0.2) is 29.9 Å². The van der Waals surface area contributed by atoms with Crippen molar-refractivity contribution in [1.82, 2.24) is 0 Å². The quantitative estimate of drug-likeness (QED) is 0.872. The summed E-state index contributed by atoms with van der Waals surface area (Å²) >= 11 is 0. The number of rotatable bonds is 5. The van der Waals surface area contributed by atoms with Gasteiger partial charge in [0.1, 0.15) is 11.4 Å². The zero-order valence-electron chi connectivity index (χ0n) is 12.7. The molecule has 0 unspecified atom stereocenters. The fourth-order valence-corrected chi connectivity index (χ4v) is 1.68. The van der Waals surface area contributed by atoms with E-state index < -0.39 is 17.7 Å². The molecular formula is C15H21NO5. The number of carbonyl (C=O) groups excluding carboxylic acids is 1. The number of ether oxygens (including phenoxy) is 2. The second-order valence-corrected chi connectivity index (χ2v) is 5.54. The minimum absolute atomic E-state index is 0.0316. The summed E-state index contributed by atoms with van der Waals surface area (Å²) < 4.78 is 10.3. The number of carboxylic acid groups (broad SMARTS) is 1. The lowest BCUT2D eigenvalue weighted by Gasteiger charge is -2.20. The number of benzene rings is 1. The van der Waals surface area contributed by atoms with E-state index in [0.717, 1.165) is 0 Å². The molecule has 1 aromatic carbocycles. The molecule has 6 heteroatoms. The summed E-state index contributed by atoms with van der Waals surface area (Å²) in [5.41, 5.74) is 0.603. The standard InChI is InChI=1S/C15H21NO5/c1-15(2,3)21-14(19)16-12-7-6-11(20-4)9-10(12)5-8-13(17)18/h6-7,9H,5,8H2,1-4H3,(H,16,19)(H,17,18). The van der Waals surface area contributed by atoms with Crippen LogP contribution in [0, 0.1) is 0 Å². The number of nitrogens with one attached hydrogen (secondary N) is 1. The molecule has 0 aliphatic heterocycles. The molecule has 6 nitrogen and oxygen atoms in total. The number of aryl methyl sites for hydroxylation is 1. The Morgan fingerprint density at radius 2 is 1.95 bits per heavy atom. The summed E-state index contributed by atoms with van der Waals surface area (Å²) in [6.07, 6.45) is -0.322. The molecule has 2 N–H and O–H groups in total. The summed E-state index contributed by atoms with van der Waals surface area (Å²) in [5.74, 6) is -0.300. The third-order valence-electron chi connectivity index (χ3n) is 2.56. The molecule has 0 saturated heterocycles. The molecule has 116 valence electrons. The number of aliphatic carboxylic acids is 1. The predicted molar refractivity (Wildman–Crippen MR) is 78.8 cm³/mol. The van der Waals surface area contributed by atoms with Gasteiger partial charge in [-0.25, -0.2) is 4.79 Å². The fourth-order valence-electron chi connectivity index (χ4n) is 1.68. The summed E-state index contributed by atoms with van der Waals surface area (Å²) in [7, 11) is 1.53. The van der Waals surface area contributed by atoms with Crippen LogP contribution in [0.1, 0.15) is 32.8 Å². The van der Waals surface area contributed by atoms with E-state index in [4.69, 9.17) is 14.6 Å². The number of anilines is 1. The fraction of sp³-hybridized carbons (Fsp3) is 0.467. The van der Waals surface area contributed by atoms with E-state index in [1.165, 1.54) is 7.11 Å². The SMILES string of the molecule is COc1ccc(NC(=O)OC(C)(C)C)c(CCC(=O)O)c1. The molecule has 0 spiro atoms. The molecular weight excluding hydrogens is 274 g/mol. The van der Waals surface area contributed by atoms with Crippen molar-refractivity contribution >= 4 is 17.7 Å². The summed E-state index contributed by atoms with van der Waals surface area (Å²) in [6, 6.07) is 5.06. The molecule has 21 heavy (non-hydrogen) atoms. The van der Waals surface area contributed by atoms with Crippen molar-refractivity contribution < 1.29 is 24.2 Å². The van der Waals surface area contributed by atoms with Crippen molar-refractivity contribution in [3.05, 3.63) is 23.8 Å². The van der Waals surface area contributed by atoms with Gasteiger partial charge in [-0.2, -0.15) is 0 Å². The first-order valence-electron chi connectivity index (χ1n) is 6.60. The topological polar surface area (TPSA) is 84.9 Å². The molecule has 1 amide bonds. The van der Waals surface area contributed by atoms with E-state index in [2.05, 4.69) is 5.32 Å². The molecule has 1 rings (SSSR count).